The lowest BCUT2D eigenvalue weighted by atomic mass is 10.0. The maximum Gasteiger partial charge on any atom is 0.230 e. The molecule has 0 bridgehead atoms. The van der Waals surface area contributed by atoms with Gasteiger partial charge in [-0.25, -0.2) is 4.39 Å². The first kappa shape index (κ1) is 15.0. The lowest BCUT2D eigenvalue weighted by Gasteiger charge is -2.21. The smallest absolute Gasteiger partial charge is 0.230 e. The Hall–Kier alpha value is -1.07. The van der Waals surface area contributed by atoms with Crippen LogP contribution in [-0.4, -0.2) is 28.9 Å². The van der Waals surface area contributed by atoms with Crippen LogP contribution in [-0.2, 0) is 4.79 Å². The van der Waals surface area contributed by atoms with Gasteiger partial charge in [-0.3, -0.25) is 4.79 Å². The van der Waals surface area contributed by atoms with E-state index in [0.717, 1.165) is 4.90 Å². The van der Waals surface area contributed by atoms with Crippen LogP contribution in [0.3, 0.4) is 0 Å². The average molecular weight is 271 g/mol. The summed E-state index contributed by atoms with van der Waals surface area (Å²) in [6.07, 6.45) is 0.582. The Morgan fingerprint density at radius 1 is 1.44 bits per heavy atom. The molecule has 1 aromatic carbocycles. The van der Waals surface area contributed by atoms with Gasteiger partial charge in [-0.05, 0) is 37.6 Å². The summed E-state index contributed by atoms with van der Waals surface area (Å²) in [5, 5.41) is 12.4. The average Bonchev–Trinajstić information content (AvgIpc) is 2.36. The Morgan fingerprint density at radius 2 is 2.06 bits per heavy atom. The van der Waals surface area contributed by atoms with Crippen molar-refractivity contribution in [3.05, 3.63) is 30.1 Å². The number of thioether (sulfide) groups is 1. The highest BCUT2D eigenvalue weighted by Gasteiger charge is 2.18. The fraction of sp³-hybridized carbons (Fsp3) is 0.462. The number of hydrogen-bond acceptors (Lipinski definition) is 3. The van der Waals surface area contributed by atoms with E-state index in [1.807, 2.05) is 6.92 Å². The molecular weight excluding hydrogens is 253 g/mol. The van der Waals surface area contributed by atoms with Crippen molar-refractivity contribution in [2.45, 2.75) is 30.8 Å². The molecule has 0 spiro atoms. The second kappa shape index (κ2) is 6.75. The van der Waals surface area contributed by atoms with Crippen LogP contribution in [0.4, 0.5) is 4.39 Å². The highest BCUT2D eigenvalue weighted by Crippen LogP contribution is 2.17. The van der Waals surface area contributed by atoms with Crippen molar-refractivity contribution in [3.8, 4) is 0 Å². The minimum Gasteiger partial charge on any atom is -0.388 e. The summed E-state index contributed by atoms with van der Waals surface area (Å²) in [4.78, 5) is 12.4. The van der Waals surface area contributed by atoms with E-state index in [2.05, 4.69) is 5.32 Å². The van der Waals surface area contributed by atoms with Gasteiger partial charge in [0.25, 0.3) is 0 Å². The molecule has 100 valence electrons. The number of aliphatic hydroxyl groups is 1. The Morgan fingerprint density at radius 3 is 2.61 bits per heavy atom. The van der Waals surface area contributed by atoms with Crippen LogP contribution < -0.4 is 5.32 Å². The second-order valence-corrected chi connectivity index (χ2v) is 5.42. The molecule has 0 aliphatic heterocycles. The standard InChI is InChI=1S/C13H18FNO2S/c1-3-13(2,17)9-15-12(16)8-18-11-6-4-10(14)5-7-11/h4-7,17H,3,8-9H2,1-2H3,(H,15,16). The third-order valence-corrected chi connectivity index (χ3v) is 3.62. The molecule has 0 saturated heterocycles. The van der Waals surface area contributed by atoms with Crippen molar-refractivity contribution in [2.24, 2.45) is 0 Å². The van der Waals surface area contributed by atoms with Crippen LogP contribution in [0.2, 0.25) is 0 Å². The van der Waals surface area contributed by atoms with Crippen molar-refractivity contribution in [2.75, 3.05) is 12.3 Å². The van der Waals surface area contributed by atoms with Gasteiger partial charge in [-0.15, -0.1) is 11.8 Å². The van der Waals surface area contributed by atoms with Crippen LogP contribution in [0.5, 0.6) is 0 Å². The first-order valence-electron chi connectivity index (χ1n) is 5.80. The van der Waals surface area contributed by atoms with E-state index in [9.17, 15) is 14.3 Å². The van der Waals surface area contributed by atoms with Gasteiger partial charge in [-0.1, -0.05) is 6.92 Å². The largest absolute Gasteiger partial charge is 0.388 e. The summed E-state index contributed by atoms with van der Waals surface area (Å²) in [6, 6.07) is 6.00. The highest BCUT2D eigenvalue weighted by molar-refractivity contribution is 8.00. The number of rotatable bonds is 6. The normalized spacial score (nSPS) is 14.0. The molecule has 0 saturated carbocycles. The molecule has 0 aliphatic carbocycles. The first-order valence-corrected chi connectivity index (χ1v) is 6.79. The lowest BCUT2D eigenvalue weighted by Crippen LogP contribution is -2.40. The first-order chi connectivity index (χ1) is 8.43. The topological polar surface area (TPSA) is 49.3 Å². The van der Waals surface area contributed by atoms with Gasteiger partial charge in [0, 0.05) is 11.4 Å². The number of halogens is 1. The Labute approximate surface area is 111 Å². The van der Waals surface area contributed by atoms with E-state index in [-0.39, 0.29) is 24.0 Å². The monoisotopic (exact) mass is 271 g/mol. The fourth-order valence-electron chi connectivity index (χ4n) is 1.14. The Kier molecular flexibility index (Phi) is 5.62. The van der Waals surface area contributed by atoms with Crippen LogP contribution >= 0.6 is 11.8 Å². The van der Waals surface area contributed by atoms with Gasteiger partial charge in [0.1, 0.15) is 5.82 Å². The Balaban J connectivity index is 2.31. The molecule has 0 aromatic heterocycles. The van der Waals surface area contributed by atoms with Gasteiger partial charge < -0.3 is 10.4 Å². The van der Waals surface area contributed by atoms with Crippen LogP contribution in [0.25, 0.3) is 0 Å². The molecule has 2 N–H and O–H groups in total. The van der Waals surface area contributed by atoms with Crippen molar-refractivity contribution >= 4 is 17.7 Å². The van der Waals surface area contributed by atoms with Crippen LogP contribution in [0.15, 0.2) is 29.2 Å². The van der Waals surface area contributed by atoms with Gasteiger partial charge in [0.2, 0.25) is 5.91 Å². The molecule has 0 aliphatic rings. The number of carbonyl (C=O) groups excluding carboxylic acids is 1. The van der Waals surface area contributed by atoms with E-state index < -0.39 is 5.60 Å². The summed E-state index contributed by atoms with van der Waals surface area (Å²) in [5.41, 5.74) is -0.865. The zero-order valence-electron chi connectivity index (χ0n) is 10.6. The minimum absolute atomic E-state index is 0.141. The summed E-state index contributed by atoms with van der Waals surface area (Å²) in [5.74, 6) is -0.174. The molecule has 1 aromatic rings. The lowest BCUT2D eigenvalue weighted by molar-refractivity contribution is -0.119. The SMILES string of the molecule is CCC(C)(O)CNC(=O)CSc1ccc(F)cc1. The molecule has 1 atom stereocenters. The maximum atomic E-state index is 12.7. The van der Waals surface area contributed by atoms with Crippen LogP contribution in [0, 0.1) is 5.82 Å². The summed E-state index contributed by atoms with van der Waals surface area (Å²) in [7, 11) is 0. The zero-order chi connectivity index (χ0) is 13.6. The van der Waals surface area contributed by atoms with E-state index in [0.29, 0.717) is 6.42 Å². The molecule has 1 unspecified atom stereocenters. The maximum absolute atomic E-state index is 12.7. The third-order valence-electron chi connectivity index (χ3n) is 2.61. The summed E-state index contributed by atoms with van der Waals surface area (Å²) < 4.78 is 12.7. The predicted molar refractivity (Wildman–Crippen MR) is 71.0 cm³/mol. The van der Waals surface area contributed by atoms with Gasteiger partial charge >= 0.3 is 0 Å². The molecule has 0 heterocycles. The van der Waals surface area contributed by atoms with Gasteiger partial charge in [-0.2, -0.15) is 0 Å². The van der Waals surface area contributed by atoms with Crippen molar-refractivity contribution in [1.82, 2.24) is 5.32 Å². The summed E-state index contributed by atoms with van der Waals surface area (Å²) >= 11 is 1.34. The molecule has 0 radical (unpaired) electrons. The molecule has 18 heavy (non-hydrogen) atoms. The number of nitrogens with one attached hydrogen (secondary N) is 1. The number of benzene rings is 1. The highest BCUT2D eigenvalue weighted by atomic mass is 32.2. The number of hydrogen-bond donors (Lipinski definition) is 2. The van der Waals surface area contributed by atoms with E-state index >= 15 is 0 Å². The van der Waals surface area contributed by atoms with Crippen molar-refractivity contribution < 1.29 is 14.3 Å². The fourth-order valence-corrected chi connectivity index (χ4v) is 1.87. The summed E-state index contributed by atoms with van der Waals surface area (Å²) in [6.45, 7) is 3.78. The second-order valence-electron chi connectivity index (χ2n) is 4.37. The zero-order valence-corrected chi connectivity index (χ0v) is 11.4. The quantitative estimate of drug-likeness (QED) is 0.780. The third kappa shape index (κ3) is 5.51. The van der Waals surface area contributed by atoms with E-state index in [4.69, 9.17) is 0 Å². The van der Waals surface area contributed by atoms with E-state index in [1.165, 1.54) is 23.9 Å². The predicted octanol–water partition coefficient (Wildman–Crippen LogP) is 2.20. The van der Waals surface area contributed by atoms with Crippen molar-refractivity contribution in [3.63, 3.8) is 0 Å². The van der Waals surface area contributed by atoms with Gasteiger partial charge in [0.15, 0.2) is 0 Å². The Bertz CT molecular complexity index is 392. The molecule has 5 heteroatoms. The van der Waals surface area contributed by atoms with Gasteiger partial charge in [0.05, 0.1) is 11.4 Å². The molecule has 3 nitrogen and oxygen atoms in total. The number of carbonyl (C=O) groups is 1. The molecule has 0 fully saturated rings. The van der Waals surface area contributed by atoms with Crippen LogP contribution in [0.1, 0.15) is 20.3 Å². The molecule has 1 amide bonds. The van der Waals surface area contributed by atoms with E-state index in [1.54, 1.807) is 19.1 Å². The van der Waals surface area contributed by atoms with Crippen molar-refractivity contribution in [1.29, 1.82) is 0 Å². The number of amides is 1. The molecule has 1 rings (SSSR count). The molecular formula is C13H18FNO2S. The minimum atomic E-state index is -0.865.